The second-order valence-electron chi connectivity index (χ2n) is 4.09. The Balaban J connectivity index is 2.71. The minimum atomic E-state index is -0.135. The van der Waals surface area contributed by atoms with Crippen molar-refractivity contribution in [3.63, 3.8) is 0 Å². The summed E-state index contributed by atoms with van der Waals surface area (Å²) in [5.41, 5.74) is 2.78. The van der Waals surface area contributed by atoms with Crippen LogP contribution in [0.2, 0.25) is 0 Å². The quantitative estimate of drug-likeness (QED) is 0.649. The molecular formula is C12H14FN. The standard InChI is InChI=1S/C12H14FN/c1-8(2)10-5-11(13)12-4-9(3)6-14(12)7-10/h4-8H,1-3H3. The van der Waals surface area contributed by atoms with Crippen molar-refractivity contribution in [3.8, 4) is 0 Å². The van der Waals surface area contributed by atoms with E-state index in [4.69, 9.17) is 0 Å². The summed E-state index contributed by atoms with van der Waals surface area (Å²) >= 11 is 0. The maximum atomic E-state index is 13.6. The van der Waals surface area contributed by atoms with Crippen molar-refractivity contribution in [2.75, 3.05) is 0 Å². The molecule has 0 aliphatic carbocycles. The monoisotopic (exact) mass is 191 g/mol. The molecular weight excluding hydrogens is 177 g/mol. The first-order chi connectivity index (χ1) is 6.58. The van der Waals surface area contributed by atoms with Gasteiger partial charge in [0.15, 0.2) is 0 Å². The van der Waals surface area contributed by atoms with Gasteiger partial charge in [-0.1, -0.05) is 13.8 Å². The van der Waals surface area contributed by atoms with E-state index < -0.39 is 0 Å². The van der Waals surface area contributed by atoms with Crippen LogP contribution in [0, 0.1) is 12.7 Å². The predicted octanol–water partition coefficient (Wildman–Crippen LogP) is 3.51. The summed E-state index contributed by atoms with van der Waals surface area (Å²) in [4.78, 5) is 0. The van der Waals surface area contributed by atoms with Gasteiger partial charge in [0.1, 0.15) is 5.82 Å². The van der Waals surface area contributed by atoms with Crippen LogP contribution < -0.4 is 0 Å². The molecule has 0 aromatic carbocycles. The highest BCUT2D eigenvalue weighted by Gasteiger charge is 2.07. The van der Waals surface area contributed by atoms with E-state index in [1.807, 2.05) is 29.8 Å². The van der Waals surface area contributed by atoms with Crippen molar-refractivity contribution < 1.29 is 4.39 Å². The van der Waals surface area contributed by atoms with Gasteiger partial charge in [0.05, 0.1) is 5.52 Å². The molecule has 0 saturated heterocycles. The average Bonchev–Trinajstić information content (AvgIpc) is 2.45. The molecule has 74 valence electrons. The van der Waals surface area contributed by atoms with Crippen LogP contribution in [0.4, 0.5) is 4.39 Å². The Kier molecular flexibility index (Phi) is 2.06. The molecule has 2 heteroatoms. The number of rotatable bonds is 1. The molecule has 0 spiro atoms. The first-order valence-corrected chi connectivity index (χ1v) is 4.85. The van der Waals surface area contributed by atoms with Gasteiger partial charge in [-0.05, 0) is 36.1 Å². The Bertz CT molecular complexity index is 468. The lowest BCUT2D eigenvalue weighted by molar-refractivity contribution is 0.627. The molecule has 2 rings (SSSR count). The van der Waals surface area contributed by atoms with E-state index in [1.54, 1.807) is 6.07 Å². The normalized spacial score (nSPS) is 11.5. The lowest BCUT2D eigenvalue weighted by atomic mass is 10.1. The lowest BCUT2D eigenvalue weighted by Gasteiger charge is -2.06. The van der Waals surface area contributed by atoms with Gasteiger partial charge in [-0.15, -0.1) is 0 Å². The number of aromatic nitrogens is 1. The Hall–Kier alpha value is -1.31. The fourth-order valence-corrected chi connectivity index (χ4v) is 1.65. The summed E-state index contributed by atoms with van der Waals surface area (Å²) in [7, 11) is 0. The molecule has 14 heavy (non-hydrogen) atoms. The molecule has 2 aromatic heterocycles. The van der Waals surface area contributed by atoms with Crippen molar-refractivity contribution in [1.82, 2.24) is 4.40 Å². The highest BCUT2D eigenvalue weighted by atomic mass is 19.1. The summed E-state index contributed by atoms with van der Waals surface area (Å²) in [5, 5.41) is 0. The van der Waals surface area contributed by atoms with E-state index in [0.29, 0.717) is 11.4 Å². The number of hydrogen-bond acceptors (Lipinski definition) is 0. The van der Waals surface area contributed by atoms with Crippen molar-refractivity contribution in [3.05, 3.63) is 41.5 Å². The third-order valence-corrected chi connectivity index (χ3v) is 2.48. The van der Waals surface area contributed by atoms with E-state index in [1.165, 1.54) is 0 Å². The summed E-state index contributed by atoms with van der Waals surface area (Å²) in [6, 6.07) is 3.48. The van der Waals surface area contributed by atoms with Gasteiger partial charge in [-0.25, -0.2) is 4.39 Å². The molecule has 0 atom stereocenters. The molecule has 0 fully saturated rings. The van der Waals surface area contributed by atoms with Gasteiger partial charge in [-0.3, -0.25) is 0 Å². The number of nitrogens with zero attached hydrogens (tertiary/aromatic N) is 1. The maximum Gasteiger partial charge on any atom is 0.147 e. The molecule has 0 N–H and O–H groups in total. The molecule has 0 bridgehead atoms. The first-order valence-electron chi connectivity index (χ1n) is 4.85. The minimum Gasteiger partial charge on any atom is -0.321 e. The van der Waals surface area contributed by atoms with E-state index in [2.05, 4.69) is 13.8 Å². The number of aryl methyl sites for hydroxylation is 1. The molecule has 0 radical (unpaired) electrons. The van der Waals surface area contributed by atoms with E-state index in [-0.39, 0.29) is 5.82 Å². The van der Waals surface area contributed by atoms with Crippen LogP contribution in [0.5, 0.6) is 0 Å². The highest BCUT2D eigenvalue weighted by molar-refractivity contribution is 5.52. The predicted molar refractivity (Wildman–Crippen MR) is 56.2 cm³/mol. The Labute approximate surface area is 83.2 Å². The van der Waals surface area contributed by atoms with Crippen molar-refractivity contribution >= 4 is 5.52 Å². The van der Waals surface area contributed by atoms with Gasteiger partial charge in [-0.2, -0.15) is 0 Å². The van der Waals surface area contributed by atoms with Crippen LogP contribution in [0.15, 0.2) is 24.5 Å². The molecule has 0 aliphatic heterocycles. The lowest BCUT2D eigenvalue weighted by Crippen LogP contribution is -1.94. The molecule has 1 nitrogen and oxygen atoms in total. The van der Waals surface area contributed by atoms with Crippen LogP contribution in [-0.2, 0) is 0 Å². The largest absolute Gasteiger partial charge is 0.321 e. The van der Waals surface area contributed by atoms with Crippen LogP contribution >= 0.6 is 0 Å². The van der Waals surface area contributed by atoms with Crippen molar-refractivity contribution in [2.24, 2.45) is 0 Å². The summed E-state index contributed by atoms with van der Waals surface area (Å²) in [6.07, 6.45) is 3.94. The maximum absolute atomic E-state index is 13.6. The zero-order valence-electron chi connectivity index (χ0n) is 8.71. The zero-order chi connectivity index (χ0) is 10.3. The molecule has 0 amide bonds. The van der Waals surface area contributed by atoms with Crippen LogP contribution in [0.1, 0.15) is 30.9 Å². The van der Waals surface area contributed by atoms with Crippen LogP contribution in [0.3, 0.4) is 0 Å². The number of fused-ring (bicyclic) bond motifs is 1. The smallest absolute Gasteiger partial charge is 0.147 e. The van der Waals surface area contributed by atoms with Gasteiger partial charge in [0.2, 0.25) is 0 Å². The second-order valence-corrected chi connectivity index (χ2v) is 4.09. The third-order valence-electron chi connectivity index (χ3n) is 2.48. The van der Waals surface area contributed by atoms with Crippen LogP contribution in [0.25, 0.3) is 5.52 Å². The number of hydrogen-bond donors (Lipinski definition) is 0. The molecule has 2 heterocycles. The van der Waals surface area contributed by atoms with Crippen molar-refractivity contribution in [2.45, 2.75) is 26.7 Å². The van der Waals surface area contributed by atoms with Crippen molar-refractivity contribution in [1.29, 1.82) is 0 Å². The molecule has 2 aromatic rings. The summed E-state index contributed by atoms with van der Waals surface area (Å²) in [6.45, 7) is 6.11. The third kappa shape index (κ3) is 1.41. The van der Waals surface area contributed by atoms with E-state index in [0.717, 1.165) is 11.1 Å². The Morgan fingerprint density at radius 1 is 1.21 bits per heavy atom. The second kappa shape index (κ2) is 3.12. The fraction of sp³-hybridized carbons (Fsp3) is 0.333. The van der Waals surface area contributed by atoms with Gasteiger partial charge < -0.3 is 4.40 Å². The Morgan fingerprint density at radius 2 is 1.93 bits per heavy atom. The number of pyridine rings is 1. The summed E-state index contributed by atoms with van der Waals surface area (Å²) < 4.78 is 15.5. The Morgan fingerprint density at radius 3 is 2.57 bits per heavy atom. The molecule has 0 saturated carbocycles. The zero-order valence-corrected chi connectivity index (χ0v) is 8.71. The summed E-state index contributed by atoms with van der Waals surface area (Å²) in [5.74, 6) is 0.223. The molecule has 0 unspecified atom stereocenters. The minimum absolute atomic E-state index is 0.135. The van der Waals surface area contributed by atoms with E-state index in [9.17, 15) is 4.39 Å². The van der Waals surface area contributed by atoms with E-state index >= 15 is 0 Å². The topological polar surface area (TPSA) is 4.41 Å². The number of halogens is 1. The SMILES string of the molecule is Cc1cc2c(F)cc(C(C)C)cn2c1. The van der Waals surface area contributed by atoms with Crippen LogP contribution in [-0.4, -0.2) is 4.40 Å². The fourth-order valence-electron chi connectivity index (χ4n) is 1.65. The van der Waals surface area contributed by atoms with Gasteiger partial charge in [0, 0.05) is 12.4 Å². The van der Waals surface area contributed by atoms with Gasteiger partial charge >= 0.3 is 0 Å². The van der Waals surface area contributed by atoms with Gasteiger partial charge in [0.25, 0.3) is 0 Å². The first kappa shape index (κ1) is 9.25. The average molecular weight is 191 g/mol. The molecule has 0 aliphatic rings. The highest BCUT2D eigenvalue weighted by Crippen LogP contribution is 2.20.